The molecule has 190 valence electrons. The molecule has 0 atom stereocenters. The third kappa shape index (κ3) is 12.0. The van der Waals surface area contributed by atoms with Crippen molar-refractivity contribution in [2.24, 2.45) is 0 Å². The summed E-state index contributed by atoms with van der Waals surface area (Å²) in [5.74, 6) is 0.376. The number of benzene rings is 1. The summed E-state index contributed by atoms with van der Waals surface area (Å²) >= 11 is 0. The highest BCUT2D eigenvalue weighted by Crippen LogP contribution is 2.50. The summed E-state index contributed by atoms with van der Waals surface area (Å²) in [5, 5.41) is 0. The van der Waals surface area contributed by atoms with Gasteiger partial charge >= 0.3 is 15.2 Å². The molecule has 0 saturated heterocycles. The summed E-state index contributed by atoms with van der Waals surface area (Å²) in [6.07, 6.45) is 8.18. The molecule has 1 rings (SSSR count). The fraction of sp³-hybridized carbons (Fsp3) is 0.680. The fourth-order valence-corrected chi connectivity index (χ4v) is 7.35. The second-order valence-electron chi connectivity index (χ2n) is 7.90. The van der Waals surface area contributed by atoms with Gasteiger partial charge in [0.2, 0.25) is 0 Å². The molecule has 0 aliphatic carbocycles. The maximum atomic E-state index is 12.7. The highest BCUT2D eigenvalue weighted by molar-refractivity contribution is 7.54. The van der Waals surface area contributed by atoms with Crippen LogP contribution >= 0.6 is 15.2 Å². The van der Waals surface area contributed by atoms with Gasteiger partial charge < -0.3 is 18.1 Å². The van der Waals surface area contributed by atoms with Crippen molar-refractivity contribution in [2.45, 2.75) is 72.1 Å². The van der Waals surface area contributed by atoms with Crippen LogP contribution in [-0.4, -0.2) is 38.8 Å². The fourth-order valence-electron chi connectivity index (χ4n) is 3.89. The van der Waals surface area contributed by atoms with E-state index in [0.29, 0.717) is 44.7 Å². The van der Waals surface area contributed by atoms with Crippen LogP contribution in [0.25, 0.3) is 6.08 Å². The van der Waals surface area contributed by atoms with Gasteiger partial charge in [-0.25, -0.2) is 0 Å². The van der Waals surface area contributed by atoms with Gasteiger partial charge in [-0.1, -0.05) is 49.8 Å². The molecule has 0 N–H and O–H groups in total. The zero-order valence-electron chi connectivity index (χ0n) is 21.0. The van der Waals surface area contributed by atoms with Crippen molar-refractivity contribution in [1.29, 1.82) is 0 Å². The average molecular weight is 503 g/mol. The Morgan fingerprint density at radius 3 is 1.45 bits per heavy atom. The van der Waals surface area contributed by atoms with Gasteiger partial charge in [-0.2, -0.15) is 0 Å². The van der Waals surface area contributed by atoms with E-state index in [4.69, 9.17) is 18.1 Å². The summed E-state index contributed by atoms with van der Waals surface area (Å²) in [6.45, 7) is 12.8. The molecule has 0 saturated carbocycles. The van der Waals surface area contributed by atoms with Crippen LogP contribution in [0.15, 0.2) is 30.8 Å². The van der Waals surface area contributed by atoms with E-state index in [-0.39, 0.29) is 0 Å². The van der Waals surface area contributed by atoms with Crippen molar-refractivity contribution < 1.29 is 27.2 Å². The lowest BCUT2D eigenvalue weighted by molar-refractivity contribution is 0.218. The van der Waals surface area contributed by atoms with E-state index in [0.717, 1.165) is 44.1 Å². The largest absolute Gasteiger partial charge is 0.330 e. The molecule has 0 aliphatic heterocycles. The van der Waals surface area contributed by atoms with E-state index < -0.39 is 15.2 Å². The average Bonchev–Trinajstić information content (AvgIpc) is 2.79. The van der Waals surface area contributed by atoms with Crippen molar-refractivity contribution in [3.8, 4) is 0 Å². The number of unbranched alkanes of at least 4 members (excludes halogenated alkanes) is 2. The predicted octanol–water partition coefficient (Wildman–Crippen LogP) is 8.29. The zero-order valence-corrected chi connectivity index (χ0v) is 22.8. The third-order valence-electron chi connectivity index (χ3n) is 5.42. The summed E-state index contributed by atoms with van der Waals surface area (Å²) in [6, 6.07) is 8.51. The molecule has 0 bridgehead atoms. The van der Waals surface area contributed by atoms with Crippen LogP contribution in [0.1, 0.15) is 83.3 Å². The van der Waals surface area contributed by atoms with Crippen molar-refractivity contribution in [3.05, 3.63) is 42.0 Å². The van der Waals surface area contributed by atoms with Gasteiger partial charge in [0.15, 0.2) is 0 Å². The normalized spacial score (nSPS) is 12.4. The first-order chi connectivity index (χ1) is 15.8. The molecule has 1 aromatic rings. The first-order valence-electron chi connectivity index (χ1n) is 12.3. The lowest BCUT2D eigenvalue weighted by Gasteiger charge is -2.20. The monoisotopic (exact) mass is 502 g/mol. The van der Waals surface area contributed by atoms with Gasteiger partial charge in [-0.3, -0.25) is 9.13 Å². The Bertz CT molecular complexity index is 692. The summed E-state index contributed by atoms with van der Waals surface area (Å²) in [5.41, 5.74) is 2.39. The number of rotatable bonds is 20. The van der Waals surface area contributed by atoms with E-state index in [1.165, 1.54) is 5.56 Å². The van der Waals surface area contributed by atoms with E-state index in [2.05, 4.69) is 30.8 Å². The predicted molar refractivity (Wildman–Crippen MR) is 138 cm³/mol. The van der Waals surface area contributed by atoms with Gasteiger partial charge in [0.05, 0.1) is 38.8 Å². The minimum atomic E-state index is -2.99. The molecule has 0 amide bonds. The summed E-state index contributed by atoms with van der Waals surface area (Å²) < 4.78 is 47.1. The molecule has 0 aliphatic rings. The highest BCUT2D eigenvalue weighted by atomic mass is 31.2. The van der Waals surface area contributed by atoms with Crippen molar-refractivity contribution in [1.82, 2.24) is 0 Å². The van der Waals surface area contributed by atoms with Crippen LogP contribution in [-0.2, 0) is 27.2 Å². The Labute approximate surface area is 201 Å². The topological polar surface area (TPSA) is 71.1 Å². The molecule has 0 aromatic heterocycles. The van der Waals surface area contributed by atoms with Crippen molar-refractivity contribution in [2.75, 3.05) is 38.8 Å². The van der Waals surface area contributed by atoms with E-state index in [1.807, 2.05) is 33.8 Å². The van der Waals surface area contributed by atoms with E-state index >= 15 is 0 Å². The Morgan fingerprint density at radius 1 is 0.727 bits per heavy atom. The highest BCUT2D eigenvalue weighted by Gasteiger charge is 2.24. The molecule has 33 heavy (non-hydrogen) atoms. The van der Waals surface area contributed by atoms with Crippen LogP contribution in [0, 0.1) is 0 Å². The molecular weight excluding hydrogens is 458 g/mol. The van der Waals surface area contributed by atoms with Gasteiger partial charge in [0, 0.05) is 0 Å². The van der Waals surface area contributed by atoms with E-state index in [9.17, 15) is 9.13 Å². The number of hydrogen-bond acceptors (Lipinski definition) is 6. The van der Waals surface area contributed by atoms with Crippen LogP contribution < -0.4 is 0 Å². The van der Waals surface area contributed by atoms with Crippen molar-refractivity contribution in [3.63, 3.8) is 0 Å². The van der Waals surface area contributed by atoms with Crippen LogP contribution in [0.2, 0.25) is 0 Å². The Balaban J connectivity index is 2.69. The molecule has 0 spiro atoms. The lowest BCUT2D eigenvalue weighted by Crippen LogP contribution is -2.04. The Hall–Kier alpha value is -0.740. The molecule has 0 radical (unpaired) electrons. The van der Waals surface area contributed by atoms with Crippen molar-refractivity contribution >= 4 is 21.3 Å². The van der Waals surface area contributed by atoms with E-state index in [1.54, 1.807) is 0 Å². The molecule has 8 heteroatoms. The number of hydrogen-bond donors (Lipinski definition) is 0. The molecule has 0 fully saturated rings. The lowest BCUT2D eigenvalue weighted by atomic mass is 9.88. The standard InChI is InChI=1S/C25H44O6P2/c1-6-23-17-19-25(20-18-23)24(15-11-13-21-32(26,28-7-2)29-8-3)16-12-14-22-33(27,30-9-4)31-10-5/h6,17-20,24H,1,7-16,21-22H2,2-5H3. The smallest absolute Gasteiger partial charge is 0.309 e. The zero-order chi connectivity index (χ0) is 24.6. The Kier molecular flexibility index (Phi) is 15.4. The molecule has 6 nitrogen and oxygen atoms in total. The summed E-state index contributed by atoms with van der Waals surface area (Å²) in [4.78, 5) is 0. The quantitative estimate of drug-likeness (QED) is 0.132. The molecular formula is C25H44O6P2. The minimum Gasteiger partial charge on any atom is -0.309 e. The Morgan fingerprint density at radius 2 is 1.12 bits per heavy atom. The first-order valence-corrected chi connectivity index (χ1v) is 15.8. The van der Waals surface area contributed by atoms with Gasteiger partial charge in [0.25, 0.3) is 0 Å². The molecule has 0 unspecified atom stereocenters. The maximum Gasteiger partial charge on any atom is 0.330 e. The molecule has 0 heterocycles. The second kappa shape index (κ2) is 16.8. The van der Waals surface area contributed by atoms with Gasteiger partial charge in [-0.15, -0.1) is 0 Å². The minimum absolute atomic E-state index is 0.376. The SMILES string of the molecule is C=Cc1ccc(C(CCCCP(=O)(OCC)OCC)CCCCP(=O)(OCC)OCC)cc1. The van der Waals surface area contributed by atoms with Crippen LogP contribution in [0.4, 0.5) is 0 Å². The molecule has 1 aromatic carbocycles. The van der Waals surface area contributed by atoms with Gasteiger partial charge in [0.1, 0.15) is 0 Å². The third-order valence-corrected chi connectivity index (χ3v) is 9.75. The maximum absolute atomic E-state index is 12.7. The van der Waals surface area contributed by atoms with Gasteiger partial charge in [-0.05, 0) is 70.4 Å². The first kappa shape index (κ1) is 30.3. The second-order valence-corrected chi connectivity index (χ2v) is 12.3. The summed E-state index contributed by atoms with van der Waals surface area (Å²) in [7, 11) is -5.98. The van der Waals surface area contributed by atoms with Crippen LogP contribution in [0.5, 0.6) is 0 Å². The van der Waals surface area contributed by atoms with Crippen LogP contribution in [0.3, 0.4) is 0 Å².